The molecule has 1 aliphatic rings. The van der Waals surface area contributed by atoms with Crippen LogP contribution in [0.1, 0.15) is 31.0 Å². The van der Waals surface area contributed by atoms with E-state index in [2.05, 4.69) is 10.1 Å². The fourth-order valence-corrected chi connectivity index (χ4v) is 2.26. The SMILES string of the molecule is COC1(c2noc(COc3cccc(N)c3)n2)CCC1. The lowest BCUT2D eigenvalue weighted by molar-refractivity contribution is -0.0858. The van der Waals surface area contributed by atoms with Crippen LogP contribution in [0.5, 0.6) is 5.75 Å². The lowest BCUT2D eigenvalue weighted by atomic mass is 9.79. The number of nitrogens with two attached hydrogens (primary N) is 1. The van der Waals surface area contributed by atoms with E-state index in [1.165, 1.54) is 0 Å². The molecule has 0 radical (unpaired) electrons. The standard InChI is InChI=1S/C14H17N3O3/c1-18-14(6-3-7-14)13-16-12(20-17-13)9-19-11-5-2-4-10(15)8-11/h2,4-5,8H,3,6-7,9,15H2,1H3. The Hall–Kier alpha value is -2.08. The average molecular weight is 275 g/mol. The highest BCUT2D eigenvalue weighted by molar-refractivity contribution is 5.43. The second-order valence-electron chi connectivity index (χ2n) is 4.92. The number of methoxy groups -OCH3 is 1. The van der Waals surface area contributed by atoms with Gasteiger partial charge in [-0.3, -0.25) is 0 Å². The zero-order chi connectivity index (χ0) is 14.0. The number of hydrogen-bond donors (Lipinski definition) is 1. The molecule has 0 aliphatic heterocycles. The van der Waals surface area contributed by atoms with Crippen molar-refractivity contribution in [1.29, 1.82) is 0 Å². The third-order valence-electron chi connectivity index (χ3n) is 3.65. The Morgan fingerprint density at radius 1 is 1.40 bits per heavy atom. The summed E-state index contributed by atoms with van der Waals surface area (Å²) in [6.45, 7) is 0.218. The first-order valence-electron chi connectivity index (χ1n) is 6.58. The van der Waals surface area contributed by atoms with Crippen LogP contribution in [0.4, 0.5) is 5.69 Å². The van der Waals surface area contributed by atoms with Crippen molar-refractivity contribution >= 4 is 5.69 Å². The van der Waals surface area contributed by atoms with Crippen LogP contribution in [0.25, 0.3) is 0 Å². The molecule has 2 aromatic rings. The van der Waals surface area contributed by atoms with E-state index in [4.69, 9.17) is 19.7 Å². The van der Waals surface area contributed by atoms with Crippen molar-refractivity contribution < 1.29 is 14.0 Å². The highest BCUT2D eigenvalue weighted by Gasteiger charge is 2.43. The minimum absolute atomic E-state index is 0.218. The minimum Gasteiger partial charge on any atom is -0.484 e. The van der Waals surface area contributed by atoms with E-state index in [9.17, 15) is 0 Å². The van der Waals surface area contributed by atoms with Crippen molar-refractivity contribution in [2.45, 2.75) is 31.5 Å². The van der Waals surface area contributed by atoms with Crippen molar-refractivity contribution in [1.82, 2.24) is 10.1 Å². The van der Waals surface area contributed by atoms with Crippen LogP contribution in [-0.2, 0) is 16.9 Å². The normalized spacial score (nSPS) is 16.6. The van der Waals surface area contributed by atoms with Crippen LogP contribution in [0, 0.1) is 0 Å². The minimum atomic E-state index is -0.362. The number of aromatic nitrogens is 2. The molecular weight excluding hydrogens is 258 g/mol. The quantitative estimate of drug-likeness (QED) is 0.843. The molecule has 0 bridgehead atoms. The van der Waals surface area contributed by atoms with Crippen molar-refractivity contribution in [2.75, 3.05) is 12.8 Å². The molecule has 0 saturated heterocycles. The summed E-state index contributed by atoms with van der Waals surface area (Å²) in [5.74, 6) is 1.72. The summed E-state index contributed by atoms with van der Waals surface area (Å²) in [7, 11) is 1.68. The second kappa shape index (κ2) is 5.13. The van der Waals surface area contributed by atoms with Gasteiger partial charge in [-0.2, -0.15) is 4.98 Å². The number of hydrogen-bond acceptors (Lipinski definition) is 6. The van der Waals surface area contributed by atoms with Crippen molar-refractivity contribution in [2.24, 2.45) is 0 Å². The van der Waals surface area contributed by atoms with Gasteiger partial charge in [0.25, 0.3) is 5.89 Å². The fourth-order valence-electron chi connectivity index (χ4n) is 2.26. The van der Waals surface area contributed by atoms with E-state index < -0.39 is 0 Å². The predicted octanol–water partition coefficient (Wildman–Crippen LogP) is 2.26. The van der Waals surface area contributed by atoms with E-state index in [0.29, 0.717) is 23.2 Å². The molecule has 3 rings (SSSR count). The van der Waals surface area contributed by atoms with Gasteiger partial charge in [-0.25, -0.2) is 0 Å². The van der Waals surface area contributed by atoms with E-state index in [-0.39, 0.29) is 12.2 Å². The molecule has 1 aliphatic carbocycles. The van der Waals surface area contributed by atoms with Crippen LogP contribution in [-0.4, -0.2) is 17.3 Å². The lowest BCUT2D eigenvalue weighted by Gasteiger charge is -2.37. The Labute approximate surface area is 116 Å². The monoisotopic (exact) mass is 275 g/mol. The van der Waals surface area contributed by atoms with Crippen LogP contribution in [0.2, 0.25) is 0 Å². The zero-order valence-corrected chi connectivity index (χ0v) is 11.3. The Morgan fingerprint density at radius 2 is 2.25 bits per heavy atom. The first-order valence-corrected chi connectivity index (χ1v) is 6.58. The molecule has 1 aromatic carbocycles. The maximum atomic E-state index is 5.68. The van der Waals surface area contributed by atoms with Gasteiger partial charge in [0.15, 0.2) is 6.61 Å². The van der Waals surface area contributed by atoms with Gasteiger partial charge in [0.2, 0.25) is 5.82 Å². The van der Waals surface area contributed by atoms with Gasteiger partial charge in [-0.15, -0.1) is 0 Å². The predicted molar refractivity (Wildman–Crippen MR) is 72.0 cm³/mol. The molecule has 20 heavy (non-hydrogen) atoms. The summed E-state index contributed by atoms with van der Waals surface area (Å²) in [6, 6.07) is 7.21. The molecule has 0 unspecified atom stereocenters. The Morgan fingerprint density at radius 3 is 2.90 bits per heavy atom. The molecule has 106 valence electrons. The molecule has 1 saturated carbocycles. The summed E-state index contributed by atoms with van der Waals surface area (Å²) >= 11 is 0. The number of anilines is 1. The smallest absolute Gasteiger partial charge is 0.264 e. The van der Waals surface area contributed by atoms with Gasteiger partial charge in [0.1, 0.15) is 11.4 Å². The van der Waals surface area contributed by atoms with Gasteiger partial charge < -0.3 is 19.7 Å². The van der Waals surface area contributed by atoms with Crippen molar-refractivity contribution in [3.63, 3.8) is 0 Å². The Bertz CT molecular complexity index is 587. The largest absolute Gasteiger partial charge is 0.484 e. The average Bonchev–Trinajstić information content (AvgIpc) is 2.85. The Kier molecular flexibility index (Phi) is 3.31. The third-order valence-corrected chi connectivity index (χ3v) is 3.65. The first-order chi connectivity index (χ1) is 9.72. The van der Waals surface area contributed by atoms with Crippen molar-refractivity contribution in [3.05, 3.63) is 36.0 Å². The van der Waals surface area contributed by atoms with Gasteiger partial charge >= 0.3 is 0 Å². The van der Waals surface area contributed by atoms with E-state index in [1.54, 1.807) is 19.2 Å². The molecular formula is C14H17N3O3. The van der Waals surface area contributed by atoms with E-state index in [0.717, 1.165) is 19.3 Å². The van der Waals surface area contributed by atoms with Crippen LogP contribution >= 0.6 is 0 Å². The van der Waals surface area contributed by atoms with Crippen molar-refractivity contribution in [3.8, 4) is 5.75 Å². The van der Waals surface area contributed by atoms with Gasteiger partial charge in [-0.1, -0.05) is 11.2 Å². The molecule has 1 heterocycles. The maximum Gasteiger partial charge on any atom is 0.264 e. The summed E-state index contributed by atoms with van der Waals surface area (Å²) in [4.78, 5) is 4.35. The molecule has 2 N–H and O–H groups in total. The summed E-state index contributed by atoms with van der Waals surface area (Å²) in [5, 5.41) is 4.00. The van der Waals surface area contributed by atoms with Gasteiger partial charge in [0, 0.05) is 18.9 Å². The molecule has 6 heteroatoms. The Balaban J connectivity index is 1.66. The zero-order valence-electron chi connectivity index (χ0n) is 11.3. The number of nitrogen functional groups attached to an aromatic ring is 1. The van der Waals surface area contributed by atoms with Crippen LogP contribution in [0.15, 0.2) is 28.8 Å². The van der Waals surface area contributed by atoms with E-state index >= 15 is 0 Å². The van der Waals surface area contributed by atoms with Crippen LogP contribution in [0.3, 0.4) is 0 Å². The number of nitrogens with zero attached hydrogens (tertiary/aromatic N) is 2. The molecule has 0 atom stereocenters. The number of ether oxygens (including phenoxy) is 2. The maximum absolute atomic E-state index is 5.68. The van der Waals surface area contributed by atoms with E-state index in [1.807, 2.05) is 12.1 Å². The first kappa shape index (κ1) is 12.9. The number of benzene rings is 1. The molecule has 6 nitrogen and oxygen atoms in total. The second-order valence-corrected chi connectivity index (χ2v) is 4.92. The summed E-state index contributed by atoms with van der Waals surface area (Å²) in [5.41, 5.74) is 5.98. The number of rotatable bonds is 5. The summed E-state index contributed by atoms with van der Waals surface area (Å²) in [6.07, 6.45) is 2.98. The highest BCUT2D eigenvalue weighted by atomic mass is 16.5. The molecule has 0 spiro atoms. The highest BCUT2D eigenvalue weighted by Crippen LogP contribution is 2.42. The topological polar surface area (TPSA) is 83.4 Å². The van der Waals surface area contributed by atoms with Gasteiger partial charge in [-0.05, 0) is 31.4 Å². The molecule has 0 amide bonds. The summed E-state index contributed by atoms with van der Waals surface area (Å²) < 4.78 is 16.3. The van der Waals surface area contributed by atoms with Crippen LogP contribution < -0.4 is 10.5 Å². The fraction of sp³-hybridized carbons (Fsp3) is 0.429. The lowest BCUT2D eigenvalue weighted by Crippen LogP contribution is -2.37. The van der Waals surface area contributed by atoms with Gasteiger partial charge in [0.05, 0.1) is 0 Å². The molecule has 1 aromatic heterocycles. The third kappa shape index (κ3) is 2.34. The molecule has 1 fully saturated rings.